The van der Waals surface area contributed by atoms with Crippen molar-refractivity contribution >= 4 is 18.3 Å². The Morgan fingerprint density at radius 2 is 1.86 bits per heavy atom. The van der Waals surface area contributed by atoms with E-state index in [-0.39, 0.29) is 6.04 Å². The van der Waals surface area contributed by atoms with E-state index in [1.54, 1.807) is 11.1 Å². The van der Waals surface area contributed by atoms with Crippen molar-refractivity contribution in [2.24, 2.45) is 5.73 Å². The van der Waals surface area contributed by atoms with Crippen LogP contribution in [0.3, 0.4) is 0 Å². The van der Waals surface area contributed by atoms with Gasteiger partial charge in [-0.2, -0.15) is 12.6 Å². The molecule has 1 aromatic carbocycles. The first-order chi connectivity index (χ1) is 10.3. The number of rotatable bonds is 4. The normalized spacial score (nSPS) is 21.1. The fourth-order valence-corrected chi connectivity index (χ4v) is 3.73. The highest BCUT2D eigenvalue weighted by Gasteiger charge is 2.22. The Morgan fingerprint density at radius 3 is 2.62 bits per heavy atom. The minimum Gasteiger partial charge on any atom is -0.369 e. The van der Waals surface area contributed by atoms with Crippen molar-refractivity contribution in [3.05, 3.63) is 29.3 Å². The van der Waals surface area contributed by atoms with Crippen LogP contribution in [0.25, 0.3) is 0 Å². The van der Waals surface area contributed by atoms with E-state index >= 15 is 0 Å². The van der Waals surface area contributed by atoms with Gasteiger partial charge in [0.1, 0.15) is 0 Å². The van der Waals surface area contributed by atoms with Crippen LogP contribution < -0.4 is 10.6 Å². The number of hydrogen-bond donors (Lipinski definition) is 2. The maximum Gasteiger partial charge on any atom is 0.0402 e. The lowest BCUT2D eigenvalue weighted by atomic mass is 9.90. The first-order valence-electron chi connectivity index (χ1n) is 8.22. The molecular formula is C17H27N3S. The van der Waals surface area contributed by atoms with Crippen molar-refractivity contribution in [2.45, 2.75) is 31.7 Å². The largest absolute Gasteiger partial charge is 0.369 e. The Bertz CT molecular complexity index is 469. The maximum atomic E-state index is 6.01. The Kier molecular flexibility index (Phi) is 5.09. The fourth-order valence-electron chi connectivity index (χ4n) is 3.62. The maximum absolute atomic E-state index is 6.01. The molecule has 0 amide bonds. The molecule has 0 unspecified atom stereocenters. The van der Waals surface area contributed by atoms with E-state index in [1.807, 2.05) is 0 Å². The van der Waals surface area contributed by atoms with E-state index in [1.165, 1.54) is 31.4 Å². The number of nitrogens with two attached hydrogens (primary N) is 1. The number of anilines is 1. The van der Waals surface area contributed by atoms with E-state index in [4.69, 9.17) is 5.73 Å². The SMILES string of the molecule is N[C@@H](CS)CN1CCN(c2cccc3c2CCCC3)CC1. The third-order valence-electron chi connectivity index (χ3n) is 4.81. The molecule has 0 spiro atoms. The third kappa shape index (κ3) is 3.55. The molecule has 1 saturated heterocycles. The van der Waals surface area contributed by atoms with E-state index in [9.17, 15) is 0 Å². The van der Waals surface area contributed by atoms with Crippen molar-refractivity contribution in [1.29, 1.82) is 0 Å². The Labute approximate surface area is 133 Å². The van der Waals surface area contributed by atoms with Crippen LogP contribution in [0.4, 0.5) is 5.69 Å². The molecule has 3 rings (SSSR count). The van der Waals surface area contributed by atoms with Crippen molar-refractivity contribution in [2.75, 3.05) is 43.4 Å². The Morgan fingerprint density at radius 1 is 1.10 bits per heavy atom. The summed E-state index contributed by atoms with van der Waals surface area (Å²) in [4.78, 5) is 5.06. The minimum atomic E-state index is 0.198. The number of piperazine rings is 1. The molecule has 1 fully saturated rings. The predicted molar refractivity (Wildman–Crippen MR) is 93.6 cm³/mol. The standard InChI is InChI=1S/C17H27N3S/c18-15(13-21)12-19-8-10-20(11-9-19)17-7-3-5-14-4-1-2-6-16(14)17/h3,5,7,15,21H,1-2,4,6,8-13,18H2/t15-/m1/s1. The number of nitrogens with zero attached hydrogens (tertiary/aromatic N) is 2. The second-order valence-electron chi connectivity index (χ2n) is 6.35. The first kappa shape index (κ1) is 15.2. The van der Waals surface area contributed by atoms with Crippen LogP contribution >= 0.6 is 12.6 Å². The van der Waals surface area contributed by atoms with Gasteiger partial charge >= 0.3 is 0 Å². The molecule has 21 heavy (non-hydrogen) atoms. The van der Waals surface area contributed by atoms with Gasteiger partial charge in [0.2, 0.25) is 0 Å². The van der Waals surface area contributed by atoms with Gasteiger partial charge in [-0.25, -0.2) is 0 Å². The second-order valence-corrected chi connectivity index (χ2v) is 6.72. The van der Waals surface area contributed by atoms with Crippen LogP contribution in [-0.4, -0.2) is 49.4 Å². The summed E-state index contributed by atoms with van der Waals surface area (Å²) in [5.41, 5.74) is 10.7. The zero-order valence-corrected chi connectivity index (χ0v) is 13.7. The third-order valence-corrected chi connectivity index (χ3v) is 5.28. The average Bonchev–Trinajstić information content (AvgIpc) is 2.55. The highest BCUT2D eigenvalue weighted by Crippen LogP contribution is 2.30. The lowest BCUT2D eigenvalue weighted by Gasteiger charge is -2.38. The molecule has 0 bridgehead atoms. The predicted octanol–water partition coefficient (Wildman–Crippen LogP) is 1.94. The summed E-state index contributed by atoms with van der Waals surface area (Å²) >= 11 is 4.28. The quantitative estimate of drug-likeness (QED) is 0.834. The van der Waals surface area contributed by atoms with Gasteiger partial charge in [0.25, 0.3) is 0 Å². The van der Waals surface area contributed by atoms with Crippen molar-refractivity contribution in [3.63, 3.8) is 0 Å². The molecular weight excluding hydrogens is 278 g/mol. The molecule has 0 radical (unpaired) electrons. The summed E-state index contributed by atoms with van der Waals surface area (Å²) in [6.07, 6.45) is 5.23. The summed E-state index contributed by atoms with van der Waals surface area (Å²) < 4.78 is 0. The van der Waals surface area contributed by atoms with Crippen molar-refractivity contribution in [3.8, 4) is 0 Å². The monoisotopic (exact) mass is 305 g/mol. The zero-order valence-electron chi connectivity index (χ0n) is 12.8. The van der Waals surface area contributed by atoms with E-state index in [0.717, 1.165) is 38.5 Å². The molecule has 1 aliphatic heterocycles. The van der Waals surface area contributed by atoms with Crippen LogP contribution in [0, 0.1) is 0 Å². The number of aryl methyl sites for hydroxylation is 1. The van der Waals surface area contributed by atoms with Gasteiger partial charge in [-0.1, -0.05) is 12.1 Å². The number of thiol groups is 1. The zero-order chi connectivity index (χ0) is 14.7. The smallest absolute Gasteiger partial charge is 0.0402 e. The molecule has 4 heteroatoms. The van der Waals surface area contributed by atoms with Gasteiger partial charge in [-0.05, 0) is 42.9 Å². The average molecular weight is 305 g/mol. The van der Waals surface area contributed by atoms with Crippen LogP contribution in [-0.2, 0) is 12.8 Å². The molecule has 1 aliphatic carbocycles. The van der Waals surface area contributed by atoms with Crippen LogP contribution in [0.15, 0.2) is 18.2 Å². The summed E-state index contributed by atoms with van der Waals surface area (Å²) in [5.74, 6) is 0.770. The first-order valence-corrected chi connectivity index (χ1v) is 8.85. The molecule has 2 N–H and O–H groups in total. The Hall–Kier alpha value is -0.710. The summed E-state index contributed by atoms with van der Waals surface area (Å²) in [5, 5.41) is 0. The highest BCUT2D eigenvalue weighted by molar-refractivity contribution is 7.80. The lowest BCUT2D eigenvalue weighted by Crippen LogP contribution is -2.50. The summed E-state index contributed by atoms with van der Waals surface area (Å²) in [7, 11) is 0. The topological polar surface area (TPSA) is 32.5 Å². The molecule has 0 aromatic heterocycles. The van der Waals surface area contributed by atoms with E-state index < -0.39 is 0 Å². The molecule has 0 saturated carbocycles. The fraction of sp³-hybridized carbons (Fsp3) is 0.647. The van der Waals surface area contributed by atoms with E-state index in [0.29, 0.717) is 0 Å². The van der Waals surface area contributed by atoms with Gasteiger partial charge < -0.3 is 10.6 Å². The molecule has 2 aliphatic rings. The minimum absolute atomic E-state index is 0.198. The number of fused-ring (bicyclic) bond motifs is 1. The van der Waals surface area contributed by atoms with E-state index in [2.05, 4.69) is 40.6 Å². The molecule has 3 nitrogen and oxygen atoms in total. The number of benzene rings is 1. The van der Waals surface area contributed by atoms with Crippen molar-refractivity contribution < 1.29 is 0 Å². The number of hydrogen-bond acceptors (Lipinski definition) is 4. The molecule has 1 atom stereocenters. The van der Waals surface area contributed by atoms with Gasteiger partial charge in [-0.15, -0.1) is 0 Å². The van der Waals surface area contributed by atoms with Crippen LogP contribution in [0.1, 0.15) is 24.0 Å². The summed E-state index contributed by atoms with van der Waals surface area (Å²) in [6, 6.07) is 7.08. The van der Waals surface area contributed by atoms with Crippen molar-refractivity contribution in [1.82, 2.24) is 4.90 Å². The van der Waals surface area contributed by atoms with Gasteiger partial charge in [0.05, 0.1) is 0 Å². The second kappa shape index (κ2) is 7.03. The van der Waals surface area contributed by atoms with Crippen LogP contribution in [0.2, 0.25) is 0 Å². The Balaban J connectivity index is 1.65. The van der Waals surface area contributed by atoms with Gasteiger partial charge in [0, 0.05) is 50.2 Å². The molecule has 1 aromatic rings. The van der Waals surface area contributed by atoms with Crippen LogP contribution in [0.5, 0.6) is 0 Å². The summed E-state index contributed by atoms with van der Waals surface area (Å²) in [6.45, 7) is 5.45. The lowest BCUT2D eigenvalue weighted by molar-refractivity contribution is 0.247. The molecule has 116 valence electrons. The highest BCUT2D eigenvalue weighted by atomic mass is 32.1. The van der Waals surface area contributed by atoms with Gasteiger partial charge in [0.15, 0.2) is 0 Å². The van der Waals surface area contributed by atoms with Gasteiger partial charge in [-0.3, -0.25) is 4.90 Å². The molecule has 1 heterocycles.